The van der Waals surface area contributed by atoms with Gasteiger partial charge in [-0.15, -0.1) is 12.4 Å². The van der Waals surface area contributed by atoms with Crippen molar-refractivity contribution in [3.63, 3.8) is 0 Å². The zero-order valence-electron chi connectivity index (χ0n) is 17.6. The van der Waals surface area contributed by atoms with Crippen molar-refractivity contribution in [2.24, 2.45) is 4.99 Å². The smallest absolute Gasteiger partial charge is 0.271 e. The summed E-state index contributed by atoms with van der Waals surface area (Å²) in [5, 5.41) is 13.5. The Kier molecular flexibility index (Phi) is 9.18. The van der Waals surface area contributed by atoms with Crippen molar-refractivity contribution < 1.29 is 14.5 Å². The SMILES string of the molecule is CN(C)CCN1C(=O)C(CC(=O)Nc2cccc([N+](=O)[O-])c2)SC1=Nc1ccccc1.Cl. The Bertz CT molecular complexity index is 1000. The molecule has 3 rings (SSSR count). The third kappa shape index (κ3) is 6.78. The third-order valence-corrected chi connectivity index (χ3v) is 5.66. The first-order chi connectivity index (χ1) is 14.8. The van der Waals surface area contributed by atoms with Crippen molar-refractivity contribution in [3.05, 3.63) is 64.7 Å². The van der Waals surface area contributed by atoms with Crippen molar-refractivity contribution in [3.8, 4) is 0 Å². The van der Waals surface area contributed by atoms with Crippen LogP contribution in [-0.2, 0) is 9.59 Å². The number of aliphatic imine (C=N–C) groups is 1. The van der Waals surface area contributed by atoms with Crippen LogP contribution in [0.1, 0.15) is 6.42 Å². The van der Waals surface area contributed by atoms with Gasteiger partial charge < -0.3 is 10.2 Å². The molecule has 11 heteroatoms. The number of thioether (sulfide) groups is 1. The molecule has 0 saturated carbocycles. The van der Waals surface area contributed by atoms with E-state index in [0.717, 1.165) is 5.69 Å². The topological polar surface area (TPSA) is 108 Å². The molecule has 1 saturated heterocycles. The van der Waals surface area contributed by atoms with Gasteiger partial charge in [0.2, 0.25) is 11.8 Å². The number of nitro groups is 1. The molecule has 0 aliphatic carbocycles. The minimum Gasteiger partial charge on any atom is -0.326 e. The number of carbonyl (C=O) groups is 2. The highest BCUT2D eigenvalue weighted by molar-refractivity contribution is 8.15. The Morgan fingerprint density at radius 3 is 2.59 bits per heavy atom. The maximum atomic E-state index is 13.0. The molecule has 0 bridgehead atoms. The first-order valence-corrected chi connectivity index (χ1v) is 10.5. The van der Waals surface area contributed by atoms with Crippen LogP contribution in [0.15, 0.2) is 59.6 Å². The van der Waals surface area contributed by atoms with Gasteiger partial charge in [-0.1, -0.05) is 36.0 Å². The van der Waals surface area contributed by atoms with E-state index in [9.17, 15) is 19.7 Å². The maximum Gasteiger partial charge on any atom is 0.271 e. The maximum absolute atomic E-state index is 13.0. The summed E-state index contributed by atoms with van der Waals surface area (Å²) >= 11 is 1.26. The molecule has 32 heavy (non-hydrogen) atoms. The highest BCUT2D eigenvalue weighted by atomic mass is 35.5. The molecule has 0 spiro atoms. The number of amidine groups is 1. The summed E-state index contributed by atoms with van der Waals surface area (Å²) in [7, 11) is 3.84. The number of amides is 2. The first-order valence-electron chi connectivity index (χ1n) is 9.64. The van der Waals surface area contributed by atoms with E-state index >= 15 is 0 Å². The fraction of sp³-hybridized carbons (Fsp3) is 0.286. The summed E-state index contributed by atoms with van der Waals surface area (Å²) in [4.78, 5) is 44.1. The second kappa shape index (κ2) is 11.6. The number of nitro benzene ring substituents is 1. The van der Waals surface area contributed by atoms with Crippen molar-refractivity contribution in [2.75, 3.05) is 32.5 Å². The largest absolute Gasteiger partial charge is 0.326 e. The van der Waals surface area contributed by atoms with Crippen LogP contribution in [0.5, 0.6) is 0 Å². The van der Waals surface area contributed by atoms with Gasteiger partial charge in [0.25, 0.3) is 5.69 Å². The van der Waals surface area contributed by atoms with Gasteiger partial charge in [-0.25, -0.2) is 4.99 Å². The number of halogens is 1. The molecule has 2 aromatic carbocycles. The number of hydrogen-bond acceptors (Lipinski definition) is 7. The molecule has 0 aromatic heterocycles. The standard InChI is InChI=1S/C21H23N5O4S.ClH/c1-24(2)11-12-25-20(28)18(31-21(25)23-15-7-4-3-5-8-15)14-19(27)22-16-9-6-10-17(13-16)26(29)30;/h3-10,13,18H,11-12,14H2,1-2H3,(H,22,27);1H. The van der Waals surface area contributed by atoms with Crippen LogP contribution in [0.2, 0.25) is 0 Å². The molecule has 1 unspecified atom stereocenters. The van der Waals surface area contributed by atoms with E-state index < -0.39 is 10.2 Å². The van der Waals surface area contributed by atoms with Crippen LogP contribution >= 0.6 is 24.2 Å². The van der Waals surface area contributed by atoms with Crippen LogP contribution in [0, 0.1) is 10.1 Å². The van der Waals surface area contributed by atoms with Crippen molar-refractivity contribution in [1.29, 1.82) is 0 Å². The van der Waals surface area contributed by atoms with Crippen molar-refractivity contribution in [2.45, 2.75) is 11.7 Å². The Balaban J connectivity index is 0.00000363. The van der Waals surface area contributed by atoms with Crippen LogP contribution in [-0.4, -0.2) is 64.1 Å². The molecule has 0 radical (unpaired) electrons. The Morgan fingerprint density at radius 1 is 1.22 bits per heavy atom. The Hall–Kier alpha value is -2.95. The molecule has 1 aliphatic rings. The van der Waals surface area contributed by atoms with Gasteiger partial charge in [-0.2, -0.15) is 0 Å². The number of non-ortho nitro benzene ring substituents is 1. The lowest BCUT2D eigenvalue weighted by Gasteiger charge is -2.19. The fourth-order valence-electron chi connectivity index (χ4n) is 2.92. The molecule has 1 N–H and O–H groups in total. The van der Waals surface area contributed by atoms with Gasteiger partial charge in [-0.05, 0) is 32.3 Å². The van der Waals surface area contributed by atoms with Gasteiger partial charge in [0.15, 0.2) is 5.17 Å². The summed E-state index contributed by atoms with van der Waals surface area (Å²) in [5.41, 5.74) is 0.933. The Morgan fingerprint density at radius 2 is 1.94 bits per heavy atom. The first kappa shape index (κ1) is 25.3. The molecule has 1 aliphatic heterocycles. The predicted molar refractivity (Wildman–Crippen MR) is 129 cm³/mol. The van der Waals surface area contributed by atoms with Crippen LogP contribution in [0.4, 0.5) is 17.1 Å². The number of anilines is 1. The summed E-state index contributed by atoms with van der Waals surface area (Å²) in [5.74, 6) is -0.560. The van der Waals surface area contributed by atoms with E-state index in [1.165, 1.54) is 30.0 Å². The zero-order chi connectivity index (χ0) is 22.4. The summed E-state index contributed by atoms with van der Waals surface area (Å²) in [6.07, 6.45) is -0.0571. The van der Waals surface area contributed by atoms with Crippen molar-refractivity contribution >= 4 is 58.2 Å². The van der Waals surface area contributed by atoms with Gasteiger partial charge in [0.05, 0.1) is 10.6 Å². The van der Waals surface area contributed by atoms with Gasteiger partial charge in [-0.3, -0.25) is 24.6 Å². The summed E-state index contributed by atoms with van der Waals surface area (Å²) < 4.78 is 0. The molecule has 2 amide bonds. The number of nitrogens with zero attached hydrogens (tertiary/aromatic N) is 4. The minimum atomic E-state index is -0.608. The Labute approximate surface area is 196 Å². The number of hydrogen-bond donors (Lipinski definition) is 1. The molecule has 9 nitrogen and oxygen atoms in total. The second-order valence-corrected chi connectivity index (χ2v) is 8.36. The normalized spacial score (nSPS) is 16.8. The zero-order valence-corrected chi connectivity index (χ0v) is 19.3. The number of nitrogens with one attached hydrogen (secondary N) is 1. The van der Waals surface area contributed by atoms with Crippen LogP contribution in [0.3, 0.4) is 0 Å². The molecule has 2 aromatic rings. The monoisotopic (exact) mass is 477 g/mol. The molecule has 1 fully saturated rings. The lowest BCUT2D eigenvalue weighted by atomic mass is 10.2. The fourth-order valence-corrected chi connectivity index (χ4v) is 4.11. The quantitative estimate of drug-likeness (QED) is 0.460. The van der Waals surface area contributed by atoms with E-state index in [1.807, 2.05) is 49.3 Å². The van der Waals surface area contributed by atoms with E-state index in [1.54, 1.807) is 11.0 Å². The molecular weight excluding hydrogens is 454 g/mol. The number of carbonyl (C=O) groups excluding carboxylic acids is 2. The van der Waals surface area contributed by atoms with Crippen LogP contribution < -0.4 is 5.32 Å². The summed E-state index contributed by atoms with van der Waals surface area (Å²) in [6.45, 7) is 1.13. The van der Waals surface area contributed by atoms with Crippen molar-refractivity contribution in [1.82, 2.24) is 9.80 Å². The van der Waals surface area contributed by atoms with E-state index in [4.69, 9.17) is 0 Å². The van der Waals surface area contributed by atoms with Gasteiger partial charge in [0, 0.05) is 37.3 Å². The molecule has 170 valence electrons. The lowest BCUT2D eigenvalue weighted by Crippen LogP contribution is -2.38. The minimum absolute atomic E-state index is 0. The predicted octanol–water partition coefficient (Wildman–Crippen LogP) is 3.54. The van der Waals surface area contributed by atoms with Gasteiger partial charge >= 0.3 is 0 Å². The number of likely N-dealkylation sites (N-methyl/N-ethyl adjacent to an activating group) is 1. The summed E-state index contributed by atoms with van der Waals surface area (Å²) in [6, 6.07) is 15.0. The molecule has 1 atom stereocenters. The molecular formula is C21H24ClN5O4S. The number of benzene rings is 2. The van der Waals surface area contributed by atoms with Crippen LogP contribution in [0.25, 0.3) is 0 Å². The molecule has 1 heterocycles. The van der Waals surface area contributed by atoms with E-state index in [-0.39, 0.29) is 36.3 Å². The van der Waals surface area contributed by atoms with E-state index in [0.29, 0.717) is 23.9 Å². The average Bonchev–Trinajstić information content (AvgIpc) is 3.01. The number of para-hydroxylation sites is 1. The highest BCUT2D eigenvalue weighted by Gasteiger charge is 2.39. The van der Waals surface area contributed by atoms with E-state index in [2.05, 4.69) is 10.3 Å². The average molecular weight is 478 g/mol. The second-order valence-electron chi connectivity index (χ2n) is 7.19. The third-order valence-electron chi connectivity index (χ3n) is 4.48. The lowest BCUT2D eigenvalue weighted by molar-refractivity contribution is -0.384. The number of rotatable bonds is 8. The highest BCUT2D eigenvalue weighted by Crippen LogP contribution is 2.32. The van der Waals surface area contributed by atoms with Gasteiger partial charge in [0.1, 0.15) is 5.25 Å².